The first kappa shape index (κ1) is 22.1. The fraction of sp³-hybridized carbons (Fsp3) is 0.190. The normalized spacial score (nSPS) is 15.6. The zero-order valence-corrected chi connectivity index (χ0v) is 19.1. The van der Waals surface area contributed by atoms with Gasteiger partial charge >= 0.3 is 0 Å². The van der Waals surface area contributed by atoms with Crippen LogP contribution in [-0.4, -0.2) is 42.5 Å². The molecule has 1 unspecified atom stereocenters. The molecule has 1 fully saturated rings. The van der Waals surface area contributed by atoms with E-state index in [0.717, 1.165) is 16.5 Å². The third kappa shape index (κ3) is 4.39. The molecule has 1 aliphatic heterocycles. The molecule has 1 aromatic carbocycles. The number of amides is 3. The molecular formula is C21H15FN6O4S2. The predicted molar refractivity (Wildman–Crippen MR) is 122 cm³/mol. The van der Waals surface area contributed by atoms with Gasteiger partial charge in [-0.1, -0.05) is 17.8 Å². The first-order valence-corrected chi connectivity index (χ1v) is 11.7. The summed E-state index contributed by atoms with van der Waals surface area (Å²) in [5, 5.41) is 12.8. The van der Waals surface area contributed by atoms with Crippen molar-refractivity contribution < 1.29 is 23.2 Å². The maximum Gasteiger partial charge on any atom is 0.286 e. The van der Waals surface area contributed by atoms with E-state index in [1.807, 2.05) is 6.07 Å². The van der Waals surface area contributed by atoms with E-state index >= 15 is 0 Å². The number of imide groups is 1. The van der Waals surface area contributed by atoms with Gasteiger partial charge in [0.15, 0.2) is 0 Å². The Morgan fingerprint density at radius 2 is 2.09 bits per heavy atom. The number of nitrogens with zero attached hydrogens (tertiary/aromatic N) is 4. The summed E-state index contributed by atoms with van der Waals surface area (Å²) in [6.07, 6.45) is 1.50. The Morgan fingerprint density at radius 3 is 2.79 bits per heavy atom. The molecule has 0 saturated carbocycles. The van der Waals surface area contributed by atoms with Crippen LogP contribution in [0, 0.1) is 5.95 Å². The summed E-state index contributed by atoms with van der Waals surface area (Å²) in [6, 6.07) is 6.46. The second-order valence-electron chi connectivity index (χ2n) is 7.31. The van der Waals surface area contributed by atoms with E-state index in [1.54, 1.807) is 12.1 Å². The largest absolute Gasteiger partial charge is 0.421 e. The minimum atomic E-state index is -0.648. The molecule has 1 saturated heterocycles. The van der Waals surface area contributed by atoms with Gasteiger partial charge in [-0.2, -0.15) is 4.39 Å². The number of halogens is 1. The lowest BCUT2D eigenvalue weighted by atomic mass is 10.0. The summed E-state index contributed by atoms with van der Waals surface area (Å²) >= 11 is 2.23. The van der Waals surface area contributed by atoms with Gasteiger partial charge in [0, 0.05) is 25.1 Å². The Morgan fingerprint density at radius 1 is 1.24 bits per heavy atom. The molecule has 4 heterocycles. The number of fused-ring (bicyclic) bond motifs is 1. The zero-order valence-electron chi connectivity index (χ0n) is 17.5. The Labute approximate surface area is 199 Å². The SMILES string of the molecule is CC(=O)NCc1nc2ccc(-c3ccc(F)nc3)c(-c3nnc(CC4SC(=O)NC4=O)o3)c2s1. The summed E-state index contributed by atoms with van der Waals surface area (Å²) in [6.45, 7) is 1.69. The molecule has 0 radical (unpaired) electrons. The van der Waals surface area contributed by atoms with Crippen molar-refractivity contribution in [1.29, 1.82) is 0 Å². The van der Waals surface area contributed by atoms with Crippen LogP contribution in [0.2, 0.25) is 0 Å². The van der Waals surface area contributed by atoms with Gasteiger partial charge in [0.1, 0.15) is 10.3 Å². The highest BCUT2D eigenvalue weighted by Crippen LogP contribution is 2.40. The van der Waals surface area contributed by atoms with Gasteiger partial charge < -0.3 is 9.73 Å². The van der Waals surface area contributed by atoms with Gasteiger partial charge in [0.2, 0.25) is 29.5 Å². The summed E-state index contributed by atoms with van der Waals surface area (Å²) in [5.74, 6) is -0.806. The van der Waals surface area contributed by atoms with Crippen molar-refractivity contribution in [3.63, 3.8) is 0 Å². The van der Waals surface area contributed by atoms with Gasteiger partial charge in [-0.25, -0.2) is 9.97 Å². The highest BCUT2D eigenvalue weighted by Gasteiger charge is 2.33. The highest BCUT2D eigenvalue weighted by molar-refractivity contribution is 8.15. The average Bonchev–Trinajstić information content (AvgIpc) is 3.51. The van der Waals surface area contributed by atoms with Crippen molar-refractivity contribution in [1.82, 2.24) is 30.8 Å². The molecule has 0 bridgehead atoms. The summed E-state index contributed by atoms with van der Waals surface area (Å²) in [4.78, 5) is 43.0. The fourth-order valence-corrected chi connectivity index (χ4v) is 5.28. The molecule has 0 aliphatic carbocycles. The number of carbonyl (C=O) groups is 3. The molecule has 2 N–H and O–H groups in total. The van der Waals surface area contributed by atoms with E-state index in [1.165, 1.54) is 30.5 Å². The lowest BCUT2D eigenvalue weighted by molar-refractivity contribution is -0.119. The summed E-state index contributed by atoms with van der Waals surface area (Å²) in [7, 11) is 0. The standard InChI is InChI=1S/C21H15FN6O4S2/c1-9(29)23-8-16-25-12-4-3-11(10-2-5-14(22)24-7-10)17(18(12)34-16)20-28-27-15(32-20)6-13-19(30)26-21(31)33-13/h2-5,7,13H,6,8H2,1H3,(H,23,29)(H,26,30,31). The molecule has 3 aromatic heterocycles. The quantitative estimate of drug-likeness (QED) is 0.384. The monoisotopic (exact) mass is 498 g/mol. The molecule has 172 valence electrons. The average molecular weight is 499 g/mol. The van der Waals surface area contributed by atoms with E-state index in [-0.39, 0.29) is 30.7 Å². The molecular weight excluding hydrogens is 483 g/mol. The van der Waals surface area contributed by atoms with Gasteiger partial charge in [-0.05, 0) is 23.8 Å². The van der Waals surface area contributed by atoms with Crippen LogP contribution < -0.4 is 10.6 Å². The Kier molecular flexibility index (Phi) is 5.79. The van der Waals surface area contributed by atoms with Gasteiger partial charge in [-0.15, -0.1) is 21.5 Å². The fourth-order valence-electron chi connectivity index (χ4n) is 3.43. The van der Waals surface area contributed by atoms with E-state index in [2.05, 4.69) is 30.8 Å². The van der Waals surface area contributed by atoms with Gasteiger partial charge in [0.25, 0.3) is 5.24 Å². The minimum absolute atomic E-state index is 0.0924. The number of aromatic nitrogens is 4. The molecule has 1 aliphatic rings. The van der Waals surface area contributed by atoms with Crippen LogP contribution >= 0.6 is 23.1 Å². The number of thioether (sulfide) groups is 1. The second kappa shape index (κ2) is 8.91. The zero-order chi connectivity index (χ0) is 23.8. The number of hydrogen-bond donors (Lipinski definition) is 2. The van der Waals surface area contributed by atoms with E-state index in [4.69, 9.17) is 4.42 Å². The molecule has 5 rings (SSSR count). The molecule has 3 amide bonds. The third-order valence-corrected chi connectivity index (χ3v) is 7.01. The molecule has 4 aromatic rings. The number of benzene rings is 1. The maximum atomic E-state index is 13.4. The maximum absolute atomic E-state index is 13.4. The Bertz CT molecular complexity index is 1440. The number of carbonyl (C=O) groups excluding carboxylic acids is 3. The minimum Gasteiger partial charge on any atom is -0.421 e. The van der Waals surface area contributed by atoms with Crippen LogP contribution in [0.25, 0.3) is 32.8 Å². The van der Waals surface area contributed by atoms with Crippen LogP contribution in [0.3, 0.4) is 0 Å². The first-order valence-electron chi connectivity index (χ1n) is 10.0. The van der Waals surface area contributed by atoms with Crippen LogP contribution in [-0.2, 0) is 22.6 Å². The number of rotatable bonds is 6. The molecule has 10 nitrogen and oxygen atoms in total. The van der Waals surface area contributed by atoms with Crippen LogP contribution in [0.1, 0.15) is 17.8 Å². The molecule has 0 spiro atoms. The number of nitrogens with one attached hydrogen (secondary N) is 2. The van der Waals surface area contributed by atoms with E-state index in [9.17, 15) is 18.8 Å². The van der Waals surface area contributed by atoms with E-state index in [0.29, 0.717) is 27.2 Å². The van der Waals surface area contributed by atoms with Crippen LogP contribution in [0.4, 0.5) is 9.18 Å². The third-order valence-electron chi connectivity index (χ3n) is 4.94. The molecule has 1 atom stereocenters. The van der Waals surface area contributed by atoms with Crippen molar-refractivity contribution in [2.24, 2.45) is 0 Å². The molecule has 34 heavy (non-hydrogen) atoms. The number of thiazole rings is 1. The van der Waals surface area contributed by atoms with Gasteiger partial charge in [0.05, 0.1) is 22.3 Å². The first-order chi connectivity index (χ1) is 16.4. The van der Waals surface area contributed by atoms with Crippen molar-refractivity contribution >= 4 is 50.4 Å². The van der Waals surface area contributed by atoms with E-state index < -0.39 is 22.3 Å². The highest BCUT2D eigenvalue weighted by atomic mass is 32.2. The lowest BCUT2D eigenvalue weighted by Gasteiger charge is -2.07. The van der Waals surface area contributed by atoms with Crippen molar-refractivity contribution in [2.75, 3.05) is 0 Å². The van der Waals surface area contributed by atoms with Crippen LogP contribution in [0.15, 0.2) is 34.9 Å². The topological polar surface area (TPSA) is 140 Å². The smallest absolute Gasteiger partial charge is 0.286 e. The predicted octanol–water partition coefficient (Wildman–Crippen LogP) is 3.08. The van der Waals surface area contributed by atoms with Crippen molar-refractivity contribution in [3.8, 4) is 22.6 Å². The second-order valence-corrected chi connectivity index (χ2v) is 9.57. The Balaban J connectivity index is 1.58. The van der Waals surface area contributed by atoms with Gasteiger partial charge in [-0.3, -0.25) is 19.7 Å². The summed E-state index contributed by atoms with van der Waals surface area (Å²) < 4.78 is 20.1. The van der Waals surface area contributed by atoms with Crippen molar-refractivity contribution in [2.45, 2.75) is 25.1 Å². The summed E-state index contributed by atoms with van der Waals surface area (Å²) in [5.41, 5.74) is 2.55. The van der Waals surface area contributed by atoms with Crippen molar-refractivity contribution in [3.05, 3.63) is 47.3 Å². The molecule has 13 heteroatoms. The number of pyridine rings is 1. The Hall–Kier alpha value is -3.71. The number of hydrogen-bond acceptors (Lipinski definition) is 10. The van der Waals surface area contributed by atoms with Crippen LogP contribution in [0.5, 0.6) is 0 Å². The lowest BCUT2D eigenvalue weighted by Crippen LogP contribution is -2.25.